The summed E-state index contributed by atoms with van der Waals surface area (Å²) in [5, 5.41) is 2.83. The van der Waals surface area contributed by atoms with Crippen LogP contribution in [-0.2, 0) is 33.3 Å². The summed E-state index contributed by atoms with van der Waals surface area (Å²) in [5.41, 5.74) is 1.43. The van der Waals surface area contributed by atoms with Crippen LogP contribution in [0.1, 0.15) is 32.3 Å². The molecule has 2 atom stereocenters. The van der Waals surface area contributed by atoms with E-state index in [1.165, 1.54) is 12.0 Å². The van der Waals surface area contributed by atoms with Gasteiger partial charge < -0.3 is 29.2 Å². The first-order valence-electron chi connectivity index (χ1n) is 12.2. The Bertz CT molecular complexity index is 1090. The molecule has 2 rings (SSSR count). The number of hydrogen-bond donors (Lipinski definition) is 1. The van der Waals surface area contributed by atoms with Crippen LogP contribution in [0.4, 0.5) is 4.79 Å². The maximum Gasteiger partial charge on any atom is 0.336 e. The van der Waals surface area contributed by atoms with Crippen LogP contribution in [0, 0.1) is 5.92 Å². The summed E-state index contributed by atoms with van der Waals surface area (Å²) < 4.78 is 20.9. The van der Waals surface area contributed by atoms with Gasteiger partial charge in [-0.1, -0.05) is 29.8 Å². The molecule has 11 nitrogen and oxygen atoms in total. The number of hydrogen-bond acceptors (Lipinski definition) is 9. The van der Waals surface area contributed by atoms with Gasteiger partial charge in [0, 0.05) is 30.2 Å². The molecule has 0 fully saturated rings. The number of likely N-dealkylation sites (N-methyl/N-ethyl adjacent to an activating group) is 1. The Morgan fingerprint density at radius 2 is 1.79 bits per heavy atom. The van der Waals surface area contributed by atoms with Gasteiger partial charge in [0.2, 0.25) is 0 Å². The Morgan fingerprint density at radius 1 is 1.11 bits per heavy atom. The second-order valence-electron chi connectivity index (χ2n) is 8.27. The SMILES string of the molecule is CCOC(=O)CNC(=O)N(C)CCOCC1=C(C(=O)OCC)C(c2ccccc2Cl)C(C(=O)OC)C(C)=N1. The molecular weight excluding hydrogens is 518 g/mol. The van der Waals surface area contributed by atoms with Gasteiger partial charge in [0.1, 0.15) is 12.5 Å². The van der Waals surface area contributed by atoms with Crippen LogP contribution in [-0.4, -0.2) is 88.2 Å². The van der Waals surface area contributed by atoms with Gasteiger partial charge in [-0.2, -0.15) is 0 Å². The number of benzene rings is 1. The van der Waals surface area contributed by atoms with Crippen molar-refractivity contribution in [2.45, 2.75) is 26.7 Å². The lowest BCUT2D eigenvalue weighted by Crippen LogP contribution is -2.41. The molecule has 2 unspecified atom stereocenters. The van der Waals surface area contributed by atoms with Crippen LogP contribution in [0.3, 0.4) is 0 Å². The first-order valence-corrected chi connectivity index (χ1v) is 12.5. The Morgan fingerprint density at radius 3 is 2.42 bits per heavy atom. The fraction of sp³-hybridized carbons (Fsp3) is 0.500. The van der Waals surface area contributed by atoms with Gasteiger partial charge >= 0.3 is 23.9 Å². The van der Waals surface area contributed by atoms with Gasteiger partial charge in [-0.3, -0.25) is 14.6 Å². The molecule has 38 heavy (non-hydrogen) atoms. The average Bonchev–Trinajstić information content (AvgIpc) is 2.89. The molecule has 1 aromatic rings. The quantitative estimate of drug-likeness (QED) is 0.238. The largest absolute Gasteiger partial charge is 0.468 e. The molecule has 0 aliphatic carbocycles. The highest BCUT2D eigenvalue weighted by Crippen LogP contribution is 2.42. The third-order valence-electron chi connectivity index (χ3n) is 5.75. The first kappa shape index (κ1) is 30.8. The number of rotatable bonds is 12. The molecule has 1 aliphatic heterocycles. The number of carbonyl (C=O) groups excluding carboxylic acids is 4. The van der Waals surface area contributed by atoms with E-state index in [9.17, 15) is 19.2 Å². The molecule has 0 saturated heterocycles. The molecule has 1 heterocycles. The zero-order chi connectivity index (χ0) is 28.2. The Kier molecular flexibility index (Phi) is 12.2. The number of halogens is 1. The number of aliphatic imine (C=N–C) groups is 1. The zero-order valence-corrected chi connectivity index (χ0v) is 23.0. The molecule has 0 aromatic heterocycles. The summed E-state index contributed by atoms with van der Waals surface area (Å²) in [6.45, 7) is 5.34. The van der Waals surface area contributed by atoms with Crippen LogP contribution in [0.2, 0.25) is 5.02 Å². The Labute approximate surface area is 227 Å². The van der Waals surface area contributed by atoms with Crippen LogP contribution in [0.15, 0.2) is 40.5 Å². The lowest BCUT2D eigenvalue weighted by Gasteiger charge is -2.32. The van der Waals surface area contributed by atoms with Gasteiger partial charge in [-0.15, -0.1) is 0 Å². The number of esters is 3. The highest BCUT2D eigenvalue weighted by molar-refractivity contribution is 6.31. The normalized spacial score (nSPS) is 16.8. The van der Waals surface area contributed by atoms with Crippen molar-refractivity contribution in [1.29, 1.82) is 0 Å². The van der Waals surface area contributed by atoms with E-state index in [1.54, 1.807) is 52.1 Å². The highest BCUT2D eigenvalue weighted by Gasteiger charge is 2.43. The number of ether oxygens (including phenoxy) is 4. The fourth-order valence-electron chi connectivity index (χ4n) is 3.96. The number of methoxy groups -OCH3 is 1. The number of carbonyl (C=O) groups is 4. The second-order valence-corrected chi connectivity index (χ2v) is 8.68. The second kappa shape index (κ2) is 15.1. The molecule has 1 aromatic carbocycles. The third kappa shape index (κ3) is 8.03. The minimum absolute atomic E-state index is 0.0847. The van der Waals surface area contributed by atoms with Crippen LogP contribution < -0.4 is 5.32 Å². The predicted molar refractivity (Wildman–Crippen MR) is 140 cm³/mol. The van der Waals surface area contributed by atoms with Gasteiger partial charge in [0.25, 0.3) is 0 Å². The summed E-state index contributed by atoms with van der Waals surface area (Å²) in [6, 6.07) is 6.45. The van der Waals surface area contributed by atoms with Gasteiger partial charge in [0.15, 0.2) is 0 Å². The van der Waals surface area contributed by atoms with Crippen LogP contribution >= 0.6 is 11.6 Å². The van der Waals surface area contributed by atoms with E-state index < -0.39 is 35.8 Å². The Hall–Kier alpha value is -3.44. The maximum atomic E-state index is 13.2. The number of nitrogens with zero attached hydrogens (tertiary/aromatic N) is 2. The molecule has 208 valence electrons. The highest BCUT2D eigenvalue weighted by atomic mass is 35.5. The molecule has 2 amide bonds. The maximum absolute atomic E-state index is 13.2. The van der Waals surface area contributed by atoms with Crippen molar-refractivity contribution in [2.24, 2.45) is 10.9 Å². The molecule has 12 heteroatoms. The molecule has 1 N–H and O–H groups in total. The standard InChI is InChI=1S/C26H34ClN3O8/c1-6-37-20(31)14-28-26(34)30(4)12-13-36-15-19-23(25(33)38-7-2)22(17-10-8-9-11-18(17)27)21(16(3)29-19)24(32)35-5/h8-11,21-22H,6-7,12-15H2,1-5H3,(H,28,34). The van der Waals surface area contributed by atoms with Gasteiger partial charge in [-0.25, -0.2) is 9.59 Å². The smallest absolute Gasteiger partial charge is 0.336 e. The summed E-state index contributed by atoms with van der Waals surface area (Å²) >= 11 is 6.50. The molecule has 1 aliphatic rings. The van der Waals surface area contributed by atoms with E-state index in [0.29, 0.717) is 22.0 Å². The van der Waals surface area contributed by atoms with Crippen molar-refractivity contribution >= 4 is 41.3 Å². The summed E-state index contributed by atoms with van der Waals surface area (Å²) in [4.78, 5) is 55.4. The lowest BCUT2D eigenvalue weighted by molar-refractivity contribution is -0.144. The van der Waals surface area contributed by atoms with Crippen LogP contribution in [0.5, 0.6) is 0 Å². The molecular formula is C26H34ClN3O8. The zero-order valence-electron chi connectivity index (χ0n) is 22.2. The summed E-state index contributed by atoms with van der Waals surface area (Å²) in [7, 11) is 2.81. The third-order valence-corrected chi connectivity index (χ3v) is 6.10. The average molecular weight is 552 g/mol. The van der Waals surface area contributed by atoms with E-state index in [0.717, 1.165) is 0 Å². The van der Waals surface area contributed by atoms with E-state index in [2.05, 4.69) is 10.3 Å². The minimum Gasteiger partial charge on any atom is -0.468 e. The van der Waals surface area contributed by atoms with Crippen molar-refractivity contribution in [3.8, 4) is 0 Å². The predicted octanol–water partition coefficient (Wildman–Crippen LogP) is 2.73. The van der Waals surface area contributed by atoms with Crippen molar-refractivity contribution in [3.05, 3.63) is 46.1 Å². The van der Waals surface area contributed by atoms with Crippen molar-refractivity contribution in [3.63, 3.8) is 0 Å². The lowest BCUT2D eigenvalue weighted by atomic mass is 9.75. The first-order chi connectivity index (χ1) is 18.2. The fourth-order valence-corrected chi connectivity index (χ4v) is 4.21. The van der Waals surface area contributed by atoms with E-state index in [1.807, 2.05) is 0 Å². The van der Waals surface area contributed by atoms with E-state index in [-0.39, 0.29) is 45.1 Å². The van der Waals surface area contributed by atoms with Gasteiger partial charge in [-0.05, 0) is 32.4 Å². The molecule has 0 spiro atoms. The van der Waals surface area contributed by atoms with E-state index >= 15 is 0 Å². The molecule has 0 bridgehead atoms. The van der Waals surface area contributed by atoms with Crippen LogP contribution in [0.25, 0.3) is 0 Å². The summed E-state index contributed by atoms with van der Waals surface area (Å²) in [6.07, 6.45) is 0. The van der Waals surface area contributed by atoms with Crippen molar-refractivity contribution in [1.82, 2.24) is 10.2 Å². The van der Waals surface area contributed by atoms with E-state index in [4.69, 9.17) is 30.5 Å². The van der Waals surface area contributed by atoms with Gasteiger partial charge in [0.05, 0.1) is 44.8 Å². The number of amides is 2. The molecule has 0 radical (unpaired) electrons. The Balaban J connectivity index is 2.25. The minimum atomic E-state index is -0.891. The number of nitrogens with one attached hydrogen (secondary N) is 1. The van der Waals surface area contributed by atoms with Crippen molar-refractivity contribution < 1.29 is 38.1 Å². The van der Waals surface area contributed by atoms with Crippen molar-refractivity contribution in [2.75, 3.05) is 53.7 Å². The topological polar surface area (TPSA) is 133 Å². The monoisotopic (exact) mass is 551 g/mol. The number of urea groups is 1. The molecule has 0 saturated carbocycles. The summed E-state index contributed by atoms with van der Waals surface area (Å²) in [5.74, 6) is -3.43.